The van der Waals surface area contributed by atoms with Crippen molar-refractivity contribution in [3.05, 3.63) is 91.0 Å². The van der Waals surface area contributed by atoms with E-state index in [-0.39, 0.29) is 18.3 Å². The molecule has 3 heteroatoms. The van der Waals surface area contributed by atoms with Gasteiger partial charge in [-0.3, -0.25) is 0 Å². The summed E-state index contributed by atoms with van der Waals surface area (Å²) < 4.78 is 20.0. The molecule has 0 heterocycles. The topological polar surface area (TPSA) is 26.3 Å². The second-order valence-corrected chi connectivity index (χ2v) is 16.0. The minimum absolute atomic E-state index is 0.0832. The molecule has 2 fully saturated rings. The average molecular weight is 472 g/mol. The van der Waals surface area contributed by atoms with Crippen LogP contribution in [0.1, 0.15) is 33.5 Å². The average Bonchev–Trinajstić information content (AvgIpc) is 3.12. The third-order valence-corrected chi connectivity index (χ3v) is 15.6. The molecule has 0 bridgehead atoms. The van der Waals surface area contributed by atoms with Crippen LogP contribution >= 0.6 is 0 Å². The first kappa shape index (κ1) is 19.5. The quantitative estimate of drug-likeness (QED) is 0.506. The molecule has 3 unspecified atom stereocenters. The van der Waals surface area contributed by atoms with Crippen molar-refractivity contribution in [1.29, 1.82) is 0 Å². The van der Waals surface area contributed by atoms with E-state index in [0.717, 1.165) is 19.3 Å². The second-order valence-electron chi connectivity index (χ2n) is 8.87. The van der Waals surface area contributed by atoms with Crippen molar-refractivity contribution in [3.8, 4) is 0 Å². The fraction of sp³-hybridized carbons (Fsp3) is 0.321. The molecule has 31 heavy (non-hydrogen) atoms. The van der Waals surface area contributed by atoms with Crippen molar-refractivity contribution in [2.45, 2.75) is 32.1 Å². The Hall–Kier alpha value is -2.17. The molecule has 3 aromatic carbocycles. The third kappa shape index (κ3) is 3.92. The number of carbonyl (C=O) groups is 1. The Labute approximate surface area is 189 Å². The van der Waals surface area contributed by atoms with Crippen molar-refractivity contribution in [2.75, 3.05) is 6.61 Å². The summed E-state index contributed by atoms with van der Waals surface area (Å²) in [6, 6.07) is 31.5. The van der Waals surface area contributed by atoms with Gasteiger partial charge in [-0.1, -0.05) is 0 Å². The maximum atomic E-state index is 13.1. The van der Waals surface area contributed by atoms with Gasteiger partial charge in [0.15, 0.2) is 0 Å². The summed E-state index contributed by atoms with van der Waals surface area (Å²) in [5.41, 5.74) is 0. The zero-order chi connectivity index (χ0) is 22.0. The Morgan fingerprint density at radius 1 is 0.774 bits per heavy atom. The predicted molar refractivity (Wildman–Crippen MR) is 128 cm³/mol. The van der Waals surface area contributed by atoms with Crippen molar-refractivity contribution < 1.29 is 9.93 Å². The molecule has 2 aliphatic rings. The molecule has 2 nitrogen and oxygen atoms in total. The van der Waals surface area contributed by atoms with Crippen LogP contribution in [0, 0.1) is 17.7 Å². The van der Waals surface area contributed by atoms with E-state index >= 15 is 0 Å². The van der Waals surface area contributed by atoms with Gasteiger partial charge in [0.05, 0.1) is 0 Å². The zero-order valence-corrected chi connectivity index (χ0v) is 20.0. The van der Waals surface area contributed by atoms with E-state index in [1.807, 2.05) is 18.2 Å². The summed E-state index contributed by atoms with van der Waals surface area (Å²) in [4.78, 5) is 13.1. The fourth-order valence-corrected chi connectivity index (χ4v) is 13.7. The van der Waals surface area contributed by atoms with Crippen LogP contribution in [-0.2, 0) is 8.56 Å². The Morgan fingerprint density at radius 2 is 1.26 bits per heavy atom. The van der Waals surface area contributed by atoms with E-state index in [1.54, 1.807) is 0 Å². The molecule has 0 aromatic heterocycles. The van der Waals surface area contributed by atoms with Crippen LogP contribution in [-0.4, -0.2) is 26.0 Å². The van der Waals surface area contributed by atoms with E-state index in [9.17, 15) is 6.17 Å². The van der Waals surface area contributed by atoms with Gasteiger partial charge in [0.1, 0.15) is 0 Å². The summed E-state index contributed by atoms with van der Waals surface area (Å²) in [6.45, 7) is 0.186. The molecule has 2 saturated carbocycles. The monoisotopic (exact) mass is 473 g/mol. The van der Waals surface area contributed by atoms with Gasteiger partial charge in [0, 0.05) is 0 Å². The number of ketones is 1. The molecule has 5 rings (SSSR count). The molecule has 0 saturated heterocycles. The second kappa shape index (κ2) is 9.14. The van der Waals surface area contributed by atoms with E-state index in [4.69, 9.17) is 3.76 Å². The summed E-state index contributed by atoms with van der Waals surface area (Å²) in [5.74, 6) is -0.546. The molecule has 0 radical (unpaired) electrons. The standard InChI is InChI=1S/C28H30GeO2/c30-28-20-22-12-10-11-19-26(22)27(28)21-31-29(23-13-4-1-5-14-23,24-15-6-2-7-16-24)25-17-8-3-9-18-25/h1-9,13-18,22,26-27H,10-12,19-21H2/i27D. The molecule has 0 spiro atoms. The predicted octanol–water partition coefficient (Wildman–Crippen LogP) is 4.07. The number of Topliss-reactive ketones (excluding diaryl/α,β-unsaturated/α-hetero) is 1. The minimum atomic E-state index is -3.60. The molecular weight excluding hydrogens is 441 g/mol. The first-order chi connectivity index (χ1) is 15.6. The van der Waals surface area contributed by atoms with Gasteiger partial charge in [0.2, 0.25) is 0 Å². The number of carbonyl (C=O) groups excluding carboxylic acids is 1. The van der Waals surface area contributed by atoms with Gasteiger partial charge in [-0.2, -0.15) is 0 Å². The van der Waals surface area contributed by atoms with Crippen LogP contribution < -0.4 is 13.2 Å². The molecule has 3 atom stereocenters. The van der Waals surface area contributed by atoms with Crippen molar-refractivity contribution in [1.82, 2.24) is 0 Å². The zero-order valence-electron chi connectivity index (χ0n) is 18.9. The van der Waals surface area contributed by atoms with Crippen molar-refractivity contribution in [2.24, 2.45) is 17.7 Å². The summed E-state index contributed by atoms with van der Waals surface area (Å²) in [6.07, 6.45) is 4.92. The van der Waals surface area contributed by atoms with Gasteiger partial charge >= 0.3 is 190 Å². The van der Waals surface area contributed by atoms with Crippen LogP contribution in [0.25, 0.3) is 0 Å². The SMILES string of the molecule is [2H]C1(C[O][Ge]([c]2ccccc2)([c]2ccccc2)[c]2ccccc2)C(=O)CC2CCCCC21. The summed E-state index contributed by atoms with van der Waals surface area (Å²) in [5, 5.41) is 0. The van der Waals surface area contributed by atoms with E-state index in [1.165, 1.54) is 19.6 Å². The fourth-order valence-electron chi connectivity index (χ4n) is 5.63. The Bertz CT molecular complexity index is 960. The van der Waals surface area contributed by atoms with Gasteiger partial charge < -0.3 is 0 Å². The van der Waals surface area contributed by atoms with E-state index in [0.29, 0.717) is 12.3 Å². The number of hydrogen-bond donors (Lipinski definition) is 0. The molecule has 0 amide bonds. The third-order valence-electron chi connectivity index (χ3n) is 7.15. The normalized spacial score (nSPS) is 26.3. The van der Waals surface area contributed by atoms with E-state index < -0.39 is 19.5 Å². The van der Waals surface area contributed by atoms with Crippen LogP contribution in [0.15, 0.2) is 91.0 Å². The van der Waals surface area contributed by atoms with Gasteiger partial charge in [-0.25, -0.2) is 0 Å². The molecule has 0 aliphatic heterocycles. The summed E-state index contributed by atoms with van der Waals surface area (Å²) >= 11 is -3.60. The first-order valence-electron chi connectivity index (χ1n) is 12.0. The number of fused-ring (bicyclic) bond motifs is 1. The van der Waals surface area contributed by atoms with Crippen molar-refractivity contribution in [3.63, 3.8) is 0 Å². The van der Waals surface area contributed by atoms with Crippen LogP contribution in [0.5, 0.6) is 0 Å². The Kier molecular flexibility index (Phi) is 5.75. The number of hydrogen-bond acceptors (Lipinski definition) is 2. The molecule has 0 N–H and O–H groups in total. The van der Waals surface area contributed by atoms with Gasteiger partial charge in [-0.15, -0.1) is 0 Å². The Balaban J connectivity index is 1.61. The molecule has 3 aromatic rings. The van der Waals surface area contributed by atoms with E-state index in [2.05, 4.69) is 72.8 Å². The van der Waals surface area contributed by atoms with Crippen LogP contribution in [0.3, 0.4) is 0 Å². The van der Waals surface area contributed by atoms with Crippen LogP contribution in [0.4, 0.5) is 0 Å². The molecule has 158 valence electrons. The molecular formula is C28H30GeO2. The van der Waals surface area contributed by atoms with Crippen molar-refractivity contribution >= 4 is 32.6 Å². The Morgan fingerprint density at radius 3 is 1.77 bits per heavy atom. The first-order valence-corrected chi connectivity index (χ1v) is 15.5. The van der Waals surface area contributed by atoms with Gasteiger partial charge in [-0.05, 0) is 0 Å². The van der Waals surface area contributed by atoms with Gasteiger partial charge in [0.25, 0.3) is 0 Å². The summed E-state index contributed by atoms with van der Waals surface area (Å²) in [7, 11) is 0. The maximum absolute atomic E-state index is 13.1. The van der Waals surface area contributed by atoms with Crippen LogP contribution in [0.2, 0.25) is 0 Å². The number of rotatable bonds is 6. The number of benzene rings is 3. The molecule has 2 aliphatic carbocycles.